The largest absolute Gasteiger partial charge is 0.361 e. The van der Waals surface area contributed by atoms with Crippen LogP contribution in [0.15, 0.2) is 30.5 Å². The molecule has 1 saturated heterocycles. The molecule has 0 radical (unpaired) electrons. The lowest BCUT2D eigenvalue weighted by molar-refractivity contribution is -0.144. The van der Waals surface area contributed by atoms with Crippen LogP contribution in [-0.2, 0) is 4.84 Å². The number of nitrogens with one attached hydrogen (secondary N) is 1. The van der Waals surface area contributed by atoms with Crippen molar-refractivity contribution in [3.8, 4) is 0 Å². The first kappa shape index (κ1) is 10.4. The molecule has 1 aromatic heterocycles. The van der Waals surface area contributed by atoms with E-state index in [0.717, 1.165) is 23.7 Å². The van der Waals surface area contributed by atoms with Crippen LogP contribution in [0.5, 0.6) is 0 Å². The van der Waals surface area contributed by atoms with Crippen molar-refractivity contribution >= 4 is 16.8 Å². The molecule has 4 heteroatoms. The van der Waals surface area contributed by atoms with Crippen LogP contribution in [0, 0.1) is 0 Å². The van der Waals surface area contributed by atoms with Gasteiger partial charge in [0.15, 0.2) is 0 Å². The fraction of sp³-hybridized carbons (Fsp3) is 0.308. The number of carbonyl (C=O) groups excluding carboxylic acids is 1. The van der Waals surface area contributed by atoms with Crippen molar-refractivity contribution in [3.63, 3.8) is 0 Å². The summed E-state index contributed by atoms with van der Waals surface area (Å²) in [5.41, 5.74) is 1.65. The van der Waals surface area contributed by atoms with Crippen LogP contribution in [0.4, 0.5) is 0 Å². The van der Waals surface area contributed by atoms with Gasteiger partial charge in [-0.05, 0) is 36.4 Å². The van der Waals surface area contributed by atoms with E-state index in [2.05, 4.69) is 4.98 Å². The second kappa shape index (κ2) is 4.22. The SMILES string of the molecule is O=C(c1ccc2cc[nH]c2c1)N1CCCCO1. The summed E-state index contributed by atoms with van der Waals surface area (Å²) >= 11 is 0. The Morgan fingerprint density at radius 1 is 1.29 bits per heavy atom. The standard InChI is InChI=1S/C13H14N2O2/c16-13(15-7-1-2-8-17-15)11-4-3-10-5-6-14-12(10)9-11/h3-6,9,14H,1-2,7-8H2. The predicted molar refractivity (Wildman–Crippen MR) is 64.5 cm³/mol. The number of amides is 1. The maximum absolute atomic E-state index is 12.2. The molecule has 1 aliphatic rings. The lowest BCUT2D eigenvalue weighted by Crippen LogP contribution is -2.35. The molecule has 2 aromatic rings. The zero-order valence-corrected chi connectivity index (χ0v) is 9.48. The van der Waals surface area contributed by atoms with Gasteiger partial charge >= 0.3 is 0 Å². The van der Waals surface area contributed by atoms with Crippen molar-refractivity contribution in [1.82, 2.24) is 10.0 Å². The summed E-state index contributed by atoms with van der Waals surface area (Å²) in [6.45, 7) is 1.32. The maximum atomic E-state index is 12.2. The Hall–Kier alpha value is -1.81. The molecule has 0 bridgehead atoms. The molecule has 2 heterocycles. The normalized spacial score (nSPS) is 16.4. The van der Waals surface area contributed by atoms with Gasteiger partial charge in [0.05, 0.1) is 6.61 Å². The Labute approximate surface area is 99.1 Å². The molecule has 1 aliphatic heterocycles. The van der Waals surface area contributed by atoms with Crippen LogP contribution >= 0.6 is 0 Å². The molecular weight excluding hydrogens is 216 g/mol. The molecule has 88 valence electrons. The van der Waals surface area contributed by atoms with Gasteiger partial charge in [-0.2, -0.15) is 0 Å². The van der Waals surface area contributed by atoms with Crippen molar-refractivity contribution in [1.29, 1.82) is 0 Å². The average molecular weight is 230 g/mol. The Morgan fingerprint density at radius 3 is 3.06 bits per heavy atom. The topological polar surface area (TPSA) is 45.3 Å². The van der Waals surface area contributed by atoms with Crippen molar-refractivity contribution in [2.45, 2.75) is 12.8 Å². The molecule has 1 amide bonds. The average Bonchev–Trinajstić information content (AvgIpc) is 2.86. The van der Waals surface area contributed by atoms with E-state index in [1.54, 1.807) is 0 Å². The fourth-order valence-corrected chi connectivity index (χ4v) is 2.08. The summed E-state index contributed by atoms with van der Waals surface area (Å²) in [7, 11) is 0. The third-order valence-electron chi connectivity index (χ3n) is 3.03. The molecule has 0 aliphatic carbocycles. The van der Waals surface area contributed by atoms with E-state index in [4.69, 9.17) is 4.84 Å². The summed E-state index contributed by atoms with van der Waals surface area (Å²) in [4.78, 5) is 20.6. The molecule has 0 spiro atoms. The number of fused-ring (bicyclic) bond motifs is 1. The predicted octanol–water partition coefficient (Wildman–Crippen LogP) is 2.34. The summed E-state index contributed by atoms with van der Waals surface area (Å²) in [5.74, 6) is -0.0544. The van der Waals surface area contributed by atoms with Crippen LogP contribution in [-0.4, -0.2) is 29.1 Å². The van der Waals surface area contributed by atoms with Crippen molar-refractivity contribution < 1.29 is 9.63 Å². The first-order chi connectivity index (χ1) is 8.34. The van der Waals surface area contributed by atoms with Gasteiger partial charge in [-0.3, -0.25) is 9.63 Å². The highest BCUT2D eigenvalue weighted by atomic mass is 16.7. The smallest absolute Gasteiger partial charge is 0.277 e. The van der Waals surface area contributed by atoms with Crippen molar-refractivity contribution in [2.24, 2.45) is 0 Å². The molecule has 0 saturated carbocycles. The first-order valence-electron chi connectivity index (χ1n) is 5.86. The van der Waals surface area contributed by atoms with Crippen LogP contribution in [0.3, 0.4) is 0 Å². The van der Waals surface area contributed by atoms with Gasteiger partial charge in [-0.15, -0.1) is 0 Å². The zero-order chi connectivity index (χ0) is 11.7. The zero-order valence-electron chi connectivity index (χ0n) is 9.48. The number of hydroxylamine groups is 2. The number of rotatable bonds is 1. The van der Waals surface area contributed by atoms with Crippen LogP contribution < -0.4 is 0 Å². The molecule has 0 atom stereocenters. The number of nitrogens with zero attached hydrogens (tertiary/aromatic N) is 1. The Kier molecular flexibility index (Phi) is 2.57. The van der Waals surface area contributed by atoms with E-state index >= 15 is 0 Å². The Balaban J connectivity index is 1.88. The fourth-order valence-electron chi connectivity index (χ4n) is 2.08. The minimum atomic E-state index is -0.0544. The third-order valence-corrected chi connectivity index (χ3v) is 3.03. The number of H-pyrrole nitrogens is 1. The number of hydrogen-bond donors (Lipinski definition) is 1. The van der Waals surface area contributed by atoms with Crippen LogP contribution in [0.2, 0.25) is 0 Å². The molecule has 1 N–H and O–H groups in total. The highest BCUT2D eigenvalue weighted by molar-refractivity contribution is 5.97. The monoisotopic (exact) mass is 230 g/mol. The molecule has 1 fully saturated rings. The first-order valence-corrected chi connectivity index (χ1v) is 5.86. The van der Waals surface area contributed by atoms with E-state index in [9.17, 15) is 4.79 Å². The van der Waals surface area contributed by atoms with Gasteiger partial charge in [-0.25, -0.2) is 5.06 Å². The lowest BCUT2D eigenvalue weighted by atomic mass is 10.1. The minimum Gasteiger partial charge on any atom is -0.361 e. The lowest BCUT2D eigenvalue weighted by Gasteiger charge is -2.25. The van der Waals surface area contributed by atoms with Gasteiger partial charge in [0.2, 0.25) is 0 Å². The van der Waals surface area contributed by atoms with Gasteiger partial charge in [0.1, 0.15) is 0 Å². The molecule has 1 aromatic carbocycles. The number of aromatic amines is 1. The van der Waals surface area contributed by atoms with Gasteiger partial charge in [-0.1, -0.05) is 6.07 Å². The highest BCUT2D eigenvalue weighted by Crippen LogP contribution is 2.17. The quantitative estimate of drug-likeness (QED) is 0.817. The highest BCUT2D eigenvalue weighted by Gasteiger charge is 2.19. The Bertz CT molecular complexity index is 541. The number of aromatic nitrogens is 1. The molecule has 17 heavy (non-hydrogen) atoms. The second-order valence-corrected chi connectivity index (χ2v) is 4.23. The van der Waals surface area contributed by atoms with E-state index in [-0.39, 0.29) is 5.91 Å². The summed E-state index contributed by atoms with van der Waals surface area (Å²) in [6.07, 6.45) is 3.91. The summed E-state index contributed by atoms with van der Waals surface area (Å²) in [5, 5.41) is 2.58. The number of hydrogen-bond acceptors (Lipinski definition) is 2. The second-order valence-electron chi connectivity index (χ2n) is 4.23. The van der Waals surface area contributed by atoms with Crippen molar-refractivity contribution in [3.05, 3.63) is 36.0 Å². The molecule has 0 unspecified atom stereocenters. The van der Waals surface area contributed by atoms with Gasteiger partial charge < -0.3 is 4.98 Å². The molecule has 3 rings (SSSR count). The minimum absolute atomic E-state index is 0.0544. The molecule has 4 nitrogen and oxygen atoms in total. The van der Waals surface area contributed by atoms with Crippen LogP contribution in [0.25, 0.3) is 10.9 Å². The van der Waals surface area contributed by atoms with Crippen LogP contribution in [0.1, 0.15) is 23.2 Å². The summed E-state index contributed by atoms with van der Waals surface area (Å²) in [6, 6.07) is 7.65. The van der Waals surface area contributed by atoms with E-state index < -0.39 is 0 Å². The van der Waals surface area contributed by atoms with Crippen molar-refractivity contribution in [2.75, 3.05) is 13.2 Å². The number of carbonyl (C=O) groups is 1. The van der Waals surface area contributed by atoms with E-state index in [0.29, 0.717) is 18.7 Å². The molecular formula is C13H14N2O2. The van der Waals surface area contributed by atoms with E-state index in [1.807, 2.05) is 30.5 Å². The van der Waals surface area contributed by atoms with Gasteiger partial charge in [0, 0.05) is 23.8 Å². The van der Waals surface area contributed by atoms with Gasteiger partial charge in [0.25, 0.3) is 5.91 Å². The summed E-state index contributed by atoms with van der Waals surface area (Å²) < 4.78 is 0. The third kappa shape index (κ3) is 1.91. The Morgan fingerprint density at radius 2 is 2.24 bits per heavy atom. The van der Waals surface area contributed by atoms with E-state index in [1.165, 1.54) is 5.06 Å². The number of benzene rings is 1. The maximum Gasteiger partial charge on any atom is 0.277 e.